The van der Waals surface area contributed by atoms with Crippen molar-refractivity contribution in [2.45, 2.75) is 45.8 Å². The molecule has 0 saturated heterocycles. The Morgan fingerprint density at radius 3 is 2.50 bits per heavy atom. The van der Waals surface area contributed by atoms with Crippen molar-refractivity contribution in [3.05, 3.63) is 18.5 Å². The predicted octanol–water partition coefficient (Wildman–Crippen LogP) is 1.07. The molecule has 1 unspecified atom stereocenters. The molecule has 3 N–H and O–H groups in total. The van der Waals surface area contributed by atoms with Crippen LogP contribution in [0.3, 0.4) is 0 Å². The molecule has 2 amide bonds. The largest absolute Gasteiger partial charge is 0.480 e. The van der Waals surface area contributed by atoms with Crippen molar-refractivity contribution in [3.8, 4) is 0 Å². The maximum atomic E-state index is 11.8. The van der Waals surface area contributed by atoms with Gasteiger partial charge in [-0.15, -0.1) is 0 Å². The minimum Gasteiger partial charge on any atom is -0.480 e. The van der Waals surface area contributed by atoms with Gasteiger partial charge in [0, 0.05) is 18.4 Å². The van der Waals surface area contributed by atoms with Crippen LogP contribution < -0.4 is 10.6 Å². The van der Waals surface area contributed by atoms with Crippen LogP contribution in [0.15, 0.2) is 18.5 Å². The van der Waals surface area contributed by atoms with Gasteiger partial charge in [0.15, 0.2) is 0 Å². The first-order valence-electron chi connectivity index (χ1n) is 6.65. The Hall–Kier alpha value is -2.05. The third-order valence-corrected chi connectivity index (χ3v) is 2.71. The molecular formula is C13H22N4O3. The number of carbonyl (C=O) groups is 2. The van der Waals surface area contributed by atoms with Crippen LogP contribution in [0.25, 0.3) is 0 Å². The highest BCUT2D eigenvalue weighted by Crippen LogP contribution is 2.04. The maximum Gasteiger partial charge on any atom is 0.326 e. The van der Waals surface area contributed by atoms with Crippen LogP contribution in [0.4, 0.5) is 4.79 Å². The molecule has 0 aliphatic heterocycles. The van der Waals surface area contributed by atoms with Crippen molar-refractivity contribution in [2.75, 3.05) is 0 Å². The Bertz CT molecular complexity index is 431. The number of hydrogen-bond acceptors (Lipinski definition) is 3. The second-order valence-electron chi connectivity index (χ2n) is 5.27. The number of nitrogens with one attached hydrogen (secondary N) is 2. The van der Waals surface area contributed by atoms with Gasteiger partial charge in [-0.3, -0.25) is 4.68 Å². The number of nitrogens with zero attached hydrogens (tertiary/aromatic N) is 2. The van der Waals surface area contributed by atoms with Gasteiger partial charge in [-0.2, -0.15) is 5.10 Å². The quantitative estimate of drug-likeness (QED) is 0.697. The van der Waals surface area contributed by atoms with Gasteiger partial charge in [0.05, 0.1) is 6.54 Å². The molecule has 2 atom stereocenters. The van der Waals surface area contributed by atoms with E-state index in [9.17, 15) is 9.59 Å². The van der Waals surface area contributed by atoms with Crippen molar-refractivity contribution in [1.82, 2.24) is 20.4 Å². The van der Waals surface area contributed by atoms with E-state index < -0.39 is 18.0 Å². The van der Waals surface area contributed by atoms with E-state index in [4.69, 9.17) is 5.11 Å². The Balaban J connectivity index is 2.42. The molecule has 0 aromatic carbocycles. The zero-order chi connectivity index (χ0) is 15.1. The maximum absolute atomic E-state index is 11.8. The standard InChI is InChI=1S/C13H22N4O3/c1-9(2)7-11(12(18)19)16-13(20)15-10(3)8-17-6-4-5-14-17/h4-6,9-11H,7-8H2,1-3H3,(H,18,19)(H2,15,16,20)/t10?,11-/m1/s1. The summed E-state index contributed by atoms with van der Waals surface area (Å²) in [5.41, 5.74) is 0. The van der Waals surface area contributed by atoms with Crippen LogP contribution in [0.1, 0.15) is 27.2 Å². The number of rotatable bonds is 7. The lowest BCUT2D eigenvalue weighted by Gasteiger charge is -2.19. The Morgan fingerprint density at radius 2 is 2.00 bits per heavy atom. The van der Waals surface area contributed by atoms with Gasteiger partial charge in [-0.25, -0.2) is 9.59 Å². The van der Waals surface area contributed by atoms with E-state index in [1.165, 1.54) is 0 Å². The fraction of sp³-hybridized carbons (Fsp3) is 0.615. The molecule has 0 aliphatic carbocycles. The zero-order valence-electron chi connectivity index (χ0n) is 12.0. The van der Waals surface area contributed by atoms with E-state index in [-0.39, 0.29) is 12.0 Å². The summed E-state index contributed by atoms with van der Waals surface area (Å²) in [7, 11) is 0. The smallest absolute Gasteiger partial charge is 0.326 e. The summed E-state index contributed by atoms with van der Waals surface area (Å²) < 4.78 is 1.70. The third kappa shape index (κ3) is 5.73. The van der Waals surface area contributed by atoms with Crippen LogP contribution in [0, 0.1) is 5.92 Å². The molecule has 1 aromatic heterocycles. The molecule has 7 nitrogen and oxygen atoms in total. The summed E-state index contributed by atoms with van der Waals surface area (Å²) in [6, 6.07) is 0.309. The second-order valence-corrected chi connectivity index (χ2v) is 5.27. The van der Waals surface area contributed by atoms with E-state index in [1.807, 2.05) is 20.8 Å². The van der Waals surface area contributed by atoms with E-state index in [0.29, 0.717) is 13.0 Å². The van der Waals surface area contributed by atoms with Crippen LogP contribution in [0.5, 0.6) is 0 Å². The molecule has 0 radical (unpaired) electrons. The van der Waals surface area contributed by atoms with Gasteiger partial charge < -0.3 is 15.7 Å². The van der Waals surface area contributed by atoms with E-state index in [1.54, 1.807) is 23.1 Å². The molecule has 112 valence electrons. The normalized spacial score (nSPS) is 13.8. The Kier molecular flexibility index (Phi) is 6.02. The SMILES string of the molecule is CC(C)C[C@@H](NC(=O)NC(C)Cn1cccn1)C(=O)O. The van der Waals surface area contributed by atoms with Gasteiger partial charge in [0.2, 0.25) is 0 Å². The topological polar surface area (TPSA) is 96.3 Å². The second kappa shape index (κ2) is 7.52. The number of carboxylic acids is 1. The molecule has 0 spiro atoms. The first-order valence-corrected chi connectivity index (χ1v) is 6.65. The molecule has 0 aliphatic rings. The fourth-order valence-electron chi connectivity index (χ4n) is 1.85. The van der Waals surface area contributed by atoms with Crippen molar-refractivity contribution < 1.29 is 14.7 Å². The van der Waals surface area contributed by atoms with Crippen LogP contribution in [-0.2, 0) is 11.3 Å². The lowest BCUT2D eigenvalue weighted by Crippen LogP contribution is -2.49. The summed E-state index contributed by atoms with van der Waals surface area (Å²) in [6.07, 6.45) is 3.86. The molecule has 7 heteroatoms. The van der Waals surface area contributed by atoms with Crippen molar-refractivity contribution in [1.29, 1.82) is 0 Å². The van der Waals surface area contributed by atoms with E-state index in [2.05, 4.69) is 15.7 Å². The number of urea groups is 1. The first kappa shape index (κ1) is 16.0. The molecule has 1 aromatic rings. The number of hydrogen-bond donors (Lipinski definition) is 3. The molecule has 0 saturated carbocycles. The molecular weight excluding hydrogens is 260 g/mol. The third-order valence-electron chi connectivity index (χ3n) is 2.71. The molecule has 0 fully saturated rings. The average molecular weight is 282 g/mol. The zero-order valence-corrected chi connectivity index (χ0v) is 12.0. The summed E-state index contributed by atoms with van der Waals surface area (Å²) >= 11 is 0. The van der Waals surface area contributed by atoms with Crippen molar-refractivity contribution in [3.63, 3.8) is 0 Å². The van der Waals surface area contributed by atoms with Crippen molar-refractivity contribution in [2.24, 2.45) is 5.92 Å². The summed E-state index contributed by atoms with van der Waals surface area (Å²) in [6.45, 7) is 6.19. The van der Waals surface area contributed by atoms with Crippen molar-refractivity contribution >= 4 is 12.0 Å². The summed E-state index contributed by atoms with van der Waals surface area (Å²) in [5.74, 6) is -0.827. The molecule has 1 rings (SSSR count). The predicted molar refractivity (Wildman–Crippen MR) is 74.2 cm³/mol. The van der Waals surface area contributed by atoms with E-state index in [0.717, 1.165) is 0 Å². The average Bonchev–Trinajstić information content (AvgIpc) is 2.79. The van der Waals surface area contributed by atoms with Gasteiger partial charge in [0.1, 0.15) is 6.04 Å². The number of amides is 2. The Labute approximate surface area is 118 Å². The van der Waals surface area contributed by atoms with Crippen LogP contribution in [0.2, 0.25) is 0 Å². The number of carbonyl (C=O) groups excluding carboxylic acids is 1. The first-order chi connectivity index (χ1) is 9.38. The lowest BCUT2D eigenvalue weighted by molar-refractivity contribution is -0.139. The van der Waals surface area contributed by atoms with Gasteiger partial charge in [-0.05, 0) is 25.3 Å². The Morgan fingerprint density at radius 1 is 1.30 bits per heavy atom. The minimum absolute atomic E-state index is 0.150. The van der Waals surface area contributed by atoms with Crippen LogP contribution >= 0.6 is 0 Å². The highest BCUT2D eigenvalue weighted by Gasteiger charge is 2.21. The monoisotopic (exact) mass is 282 g/mol. The summed E-state index contributed by atoms with van der Waals surface area (Å²) in [4.78, 5) is 22.8. The lowest BCUT2D eigenvalue weighted by atomic mass is 10.0. The molecule has 0 bridgehead atoms. The van der Waals surface area contributed by atoms with E-state index >= 15 is 0 Å². The summed E-state index contributed by atoms with van der Waals surface area (Å²) in [5, 5.41) is 18.3. The number of carboxylic acid groups (broad SMARTS) is 1. The molecule has 1 heterocycles. The highest BCUT2D eigenvalue weighted by molar-refractivity contribution is 5.82. The van der Waals surface area contributed by atoms with Crippen LogP contribution in [-0.4, -0.2) is 39.0 Å². The molecule has 20 heavy (non-hydrogen) atoms. The minimum atomic E-state index is -1.02. The van der Waals surface area contributed by atoms with Gasteiger partial charge >= 0.3 is 12.0 Å². The highest BCUT2D eigenvalue weighted by atomic mass is 16.4. The van der Waals surface area contributed by atoms with Gasteiger partial charge in [0.25, 0.3) is 0 Å². The number of aliphatic carboxylic acids is 1. The number of aromatic nitrogens is 2. The van der Waals surface area contributed by atoms with Gasteiger partial charge in [-0.1, -0.05) is 13.8 Å². The fourth-order valence-corrected chi connectivity index (χ4v) is 1.85.